The van der Waals surface area contributed by atoms with Crippen LogP contribution in [0.2, 0.25) is 0 Å². The molecular formula is C13H17N3O2. The largest absolute Gasteiger partial charge is 0.484 e. The van der Waals surface area contributed by atoms with Crippen LogP contribution in [0.15, 0.2) is 34.7 Å². The third kappa shape index (κ3) is 3.85. The summed E-state index contributed by atoms with van der Waals surface area (Å²) in [6, 6.07) is 9.57. The molecule has 0 unspecified atom stereocenters. The number of aromatic nitrogens is 2. The van der Waals surface area contributed by atoms with Gasteiger partial charge >= 0.3 is 0 Å². The highest BCUT2D eigenvalue weighted by atomic mass is 16.5. The maximum absolute atomic E-state index is 5.52. The van der Waals surface area contributed by atoms with Gasteiger partial charge in [0, 0.05) is 13.0 Å². The van der Waals surface area contributed by atoms with Crippen molar-refractivity contribution in [1.29, 1.82) is 0 Å². The predicted molar refractivity (Wildman–Crippen MR) is 67.3 cm³/mol. The van der Waals surface area contributed by atoms with E-state index in [-0.39, 0.29) is 0 Å². The molecular weight excluding hydrogens is 230 g/mol. The van der Waals surface area contributed by atoms with E-state index in [1.807, 2.05) is 30.3 Å². The van der Waals surface area contributed by atoms with Crippen molar-refractivity contribution >= 4 is 0 Å². The van der Waals surface area contributed by atoms with Crippen LogP contribution in [0.4, 0.5) is 0 Å². The Hall–Kier alpha value is -1.88. The zero-order chi connectivity index (χ0) is 12.6. The van der Waals surface area contributed by atoms with Gasteiger partial charge < -0.3 is 14.5 Å². The molecule has 2 aromatic rings. The van der Waals surface area contributed by atoms with Crippen molar-refractivity contribution in [2.45, 2.75) is 20.0 Å². The van der Waals surface area contributed by atoms with Crippen molar-refractivity contribution in [3.63, 3.8) is 0 Å². The summed E-state index contributed by atoms with van der Waals surface area (Å²) >= 11 is 0. The van der Waals surface area contributed by atoms with Crippen LogP contribution in [0.5, 0.6) is 5.75 Å². The van der Waals surface area contributed by atoms with Crippen molar-refractivity contribution in [2.24, 2.45) is 0 Å². The Labute approximate surface area is 106 Å². The first-order chi connectivity index (χ1) is 8.88. The second kappa shape index (κ2) is 6.76. The zero-order valence-electron chi connectivity index (χ0n) is 10.4. The lowest BCUT2D eigenvalue weighted by Crippen LogP contribution is -2.16. The highest BCUT2D eigenvalue weighted by Gasteiger charge is 2.06. The van der Waals surface area contributed by atoms with E-state index in [2.05, 4.69) is 22.4 Å². The fourth-order valence-electron chi connectivity index (χ4n) is 1.48. The van der Waals surface area contributed by atoms with Crippen LogP contribution in [0.1, 0.15) is 18.7 Å². The van der Waals surface area contributed by atoms with Gasteiger partial charge in [-0.15, -0.1) is 10.2 Å². The Kier molecular flexibility index (Phi) is 4.72. The zero-order valence-corrected chi connectivity index (χ0v) is 10.4. The number of benzene rings is 1. The molecule has 1 aromatic heterocycles. The third-order valence-electron chi connectivity index (χ3n) is 2.38. The Balaban J connectivity index is 1.80. The van der Waals surface area contributed by atoms with E-state index in [0.717, 1.165) is 25.3 Å². The summed E-state index contributed by atoms with van der Waals surface area (Å²) in [5.74, 6) is 1.94. The van der Waals surface area contributed by atoms with Crippen LogP contribution in [0, 0.1) is 0 Å². The molecule has 1 aromatic carbocycles. The number of para-hydroxylation sites is 1. The van der Waals surface area contributed by atoms with Gasteiger partial charge in [0.1, 0.15) is 5.75 Å². The van der Waals surface area contributed by atoms with Crippen molar-refractivity contribution < 1.29 is 9.15 Å². The summed E-state index contributed by atoms with van der Waals surface area (Å²) in [7, 11) is 0. The molecule has 0 radical (unpaired) electrons. The highest BCUT2D eigenvalue weighted by Crippen LogP contribution is 2.11. The molecule has 0 aliphatic heterocycles. The number of nitrogens with one attached hydrogen (secondary N) is 1. The number of ether oxygens (including phenoxy) is 1. The van der Waals surface area contributed by atoms with Gasteiger partial charge in [-0.1, -0.05) is 25.1 Å². The first-order valence-corrected chi connectivity index (χ1v) is 6.08. The predicted octanol–water partition coefficient (Wildman–Crippen LogP) is 1.80. The maximum Gasteiger partial charge on any atom is 0.253 e. The average molecular weight is 247 g/mol. The van der Waals surface area contributed by atoms with E-state index in [4.69, 9.17) is 9.15 Å². The number of nitrogens with zero attached hydrogens (tertiary/aromatic N) is 2. The van der Waals surface area contributed by atoms with Crippen molar-refractivity contribution in [2.75, 3.05) is 13.1 Å². The fraction of sp³-hybridized carbons (Fsp3) is 0.385. The van der Waals surface area contributed by atoms with Crippen LogP contribution < -0.4 is 10.1 Å². The van der Waals surface area contributed by atoms with Gasteiger partial charge in [0.25, 0.3) is 5.89 Å². The number of likely N-dealkylation sites (N-methyl/N-ethyl adjacent to an activating group) is 1. The number of rotatable bonds is 7. The second-order valence-corrected chi connectivity index (χ2v) is 3.79. The van der Waals surface area contributed by atoms with Gasteiger partial charge in [0.2, 0.25) is 5.89 Å². The van der Waals surface area contributed by atoms with E-state index in [1.54, 1.807) is 0 Å². The summed E-state index contributed by atoms with van der Waals surface area (Å²) < 4.78 is 11.0. The van der Waals surface area contributed by atoms with Crippen LogP contribution in [0.25, 0.3) is 0 Å². The smallest absolute Gasteiger partial charge is 0.253 e. The van der Waals surface area contributed by atoms with Gasteiger partial charge in [0.15, 0.2) is 6.61 Å². The Bertz CT molecular complexity index is 456. The Morgan fingerprint density at radius 2 is 1.94 bits per heavy atom. The molecule has 0 spiro atoms. The molecule has 2 rings (SSSR count). The molecule has 0 amide bonds. The van der Waals surface area contributed by atoms with Crippen LogP contribution in [-0.4, -0.2) is 23.3 Å². The third-order valence-corrected chi connectivity index (χ3v) is 2.38. The van der Waals surface area contributed by atoms with Gasteiger partial charge in [-0.25, -0.2) is 0 Å². The minimum atomic E-state index is 0.304. The molecule has 96 valence electrons. The average Bonchev–Trinajstić information content (AvgIpc) is 2.86. The summed E-state index contributed by atoms with van der Waals surface area (Å²) in [4.78, 5) is 0. The highest BCUT2D eigenvalue weighted by molar-refractivity contribution is 5.20. The van der Waals surface area contributed by atoms with Crippen LogP contribution >= 0.6 is 0 Å². The monoisotopic (exact) mass is 247 g/mol. The minimum absolute atomic E-state index is 0.304. The molecule has 0 aliphatic rings. The summed E-state index contributed by atoms with van der Waals surface area (Å²) in [6.07, 6.45) is 0.742. The van der Waals surface area contributed by atoms with E-state index >= 15 is 0 Å². The molecule has 0 fully saturated rings. The van der Waals surface area contributed by atoms with Crippen LogP contribution in [-0.2, 0) is 13.0 Å². The summed E-state index contributed by atoms with van der Waals surface area (Å²) in [5, 5.41) is 11.1. The minimum Gasteiger partial charge on any atom is -0.484 e. The summed E-state index contributed by atoms with van der Waals surface area (Å²) in [5.41, 5.74) is 0. The van der Waals surface area contributed by atoms with Gasteiger partial charge in [0.05, 0.1) is 0 Å². The maximum atomic E-state index is 5.52. The molecule has 5 heteroatoms. The lowest BCUT2D eigenvalue weighted by Gasteiger charge is -2.01. The Morgan fingerprint density at radius 1 is 1.17 bits per heavy atom. The molecule has 0 saturated carbocycles. The first-order valence-electron chi connectivity index (χ1n) is 6.08. The van der Waals surface area contributed by atoms with Crippen molar-refractivity contribution in [3.05, 3.63) is 42.1 Å². The lowest BCUT2D eigenvalue weighted by atomic mass is 10.3. The second-order valence-electron chi connectivity index (χ2n) is 3.79. The quantitative estimate of drug-likeness (QED) is 0.756. The SMILES string of the molecule is CCNCCc1nnc(COc2ccccc2)o1. The lowest BCUT2D eigenvalue weighted by molar-refractivity contribution is 0.259. The van der Waals surface area contributed by atoms with E-state index in [1.165, 1.54) is 0 Å². The van der Waals surface area contributed by atoms with E-state index < -0.39 is 0 Å². The molecule has 18 heavy (non-hydrogen) atoms. The van der Waals surface area contributed by atoms with Gasteiger partial charge in [-0.3, -0.25) is 0 Å². The first kappa shape index (κ1) is 12.6. The fourth-order valence-corrected chi connectivity index (χ4v) is 1.48. The Morgan fingerprint density at radius 3 is 2.72 bits per heavy atom. The van der Waals surface area contributed by atoms with Gasteiger partial charge in [-0.2, -0.15) is 0 Å². The molecule has 1 N–H and O–H groups in total. The standard InChI is InChI=1S/C13H17N3O2/c1-2-14-9-8-12-15-16-13(18-12)10-17-11-6-4-3-5-7-11/h3-7,14H,2,8-10H2,1H3. The number of hydrogen-bond donors (Lipinski definition) is 1. The molecule has 0 atom stereocenters. The molecule has 5 nitrogen and oxygen atoms in total. The normalized spacial score (nSPS) is 10.5. The topological polar surface area (TPSA) is 60.2 Å². The molecule has 0 aliphatic carbocycles. The van der Waals surface area contributed by atoms with Crippen LogP contribution in [0.3, 0.4) is 0 Å². The number of hydrogen-bond acceptors (Lipinski definition) is 5. The van der Waals surface area contributed by atoms with E-state index in [0.29, 0.717) is 18.4 Å². The van der Waals surface area contributed by atoms with Crippen molar-refractivity contribution in [1.82, 2.24) is 15.5 Å². The molecule has 1 heterocycles. The molecule has 0 saturated heterocycles. The van der Waals surface area contributed by atoms with Gasteiger partial charge in [-0.05, 0) is 18.7 Å². The van der Waals surface area contributed by atoms with Crippen molar-refractivity contribution in [3.8, 4) is 5.75 Å². The summed E-state index contributed by atoms with van der Waals surface area (Å²) in [6.45, 7) is 4.15. The van der Waals surface area contributed by atoms with E-state index in [9.17, 15) is 0 Å². The molecule has 0 bridgehead atoms.